The Morgan fingerprint density at radius 2 is 1.88 bits per heavy atom. The molecule has 1 radical (unpaired) electrons. The summed E-state index contributed by atoms with van der Waals surface area (Å²) in [5.41, 5.74) is 0. The predicted octanol–water partition coefficient (Wildman–Crippen LogP) is 2.65. The van der Waals surface area contributed by atoms with E-state index in [-0.39, 0.29) is 0 Å². The fourth-order valence-corrected chi connectivity index (χ4v) is 1.35. The van der Waals surface area contributed by atoms with Gasteiger partial charge in [0.15, 0.2) is 0 Å². The summed E-state index contributed by atoms with van der Waals surface area (Å²) >= 11 is 3.62. The van der Waals surface area contributed by atoms with Crippen molar-refractivity contribution in [3.63, 3.8) is 0 Å². The van der Waals surface area contributed by atoms with Crippen molar-refractivity contribution in [1.82, 2.24) is 0 Å². The molecule has 0 spiro atoms. The molecule has 8 heavy (non-hydrogen) atoms. The number of hydrogen-bond donors (Lipinski definition) is 0. The molecule has 0 saturated heterocycles. The van der Waals surface area contributed by atoms with Crippen molar-refractivity contribution in [3.05, 3.63) is 6.26 Å². The summed E-state index contributed by atoms with van der Waals surface area (Å²) in [6.07, 6.45) is 8.52. The maximum Gasteiger partial charge on any atom is 0.00235 e. The van der Waals surface area contributed by atoms with Crippen molar-refractivity contribution in [1.29, 1.82) is 0 Å². The Balaban J connectivity index is 2.53. The van der Waals surface area contributed by atoms with Gasteiger partial charge in [-0.05, 0) is 30.6 Å². The Labute approximate surface area is 60.8 Å². The average molecular weight is 149 g/mol. The van der Waals surface area contributed by atoms with Crippen molar-refractivity contribution in [2.45, 2.75) is 12.8 Å². The highest BCUT2D eigenvalue weighted by atomic mass is 32.2. The van der Waals surface area contributed by atoms with Gasteiger partial charge < -0.3 is 0 Å². The van der Waals surface area contributed by atoms with E-state index in [4.69, 9.17) is 0 Å². The molecule has 0 saturated carbocycles. The van der Waals surface area contributed by atoms with Crippen LogP contribution in [0, 0.1) is 6.26 Å². The second kappa shape index (κ2) is 7.70. The monoisotopic (exact) mass is 149 g/mol. The smallest absolute Gasteiger partial charge is 0.00235 e. The Kier molecular flexibility index (Phi) is 8.37. The maximum absolute atomic E-state index is 3.69. The average Bonchev–Trinajstić information content (AvgIpc) is 1.81. The summed E-state index contributed by atoms with van der Waals surface area (Å²) < 4.78 is 0. The van der Waals surface area contributed by atoms with E-state index in [1.807, 2.05) is 11.8 Å². The van der Waals surface area contributed by atoms with Crippen LogP contribution in [0.5, 0.6) is 0 Å². The lowest BCUT2D eigenvalue weighted by molar-refractivity contribution is 0.909. The summed E-state index contributed by atoms with van der Waals surface area (Å²) in [5.74, 6) is 2.53. The zero-order valence-electron chi connectivity index (χ0n) is 5.35. The second-order valence-corrected chi connectivity index (χ2v) is 3.41. The normalized spacial score (nSPS) is 9.75. The van der Waals surface area contributed by atoms with E-state index in [1.165, 1.54) is 24.3 Å². The highest BCUT2D eigenvalue weighted by Crippen LogP contribution is 2.04. The molecule has 0 atom stereocenters. The third-order valence-electron chi connectivity index (χ3n) is 0.887. The molecule has 0 fully saturated rings. The van der Waals surface area contributed by atoms with Gasteiger partial charge in [0.05, 0.1) is 0 Å². The van der Waals surface area contributed by atoms with E-state index >= 15 is 0 Å². The molecular weight excluding hydrogens is 136 g/mol. The van der Waals surface area contributed by atoms with Crippen molar-refractivity contribution >= 4 is 23.5 Å². The molecule has 0 rings (SSSR count). The first-order valence-electron chi connectivity index (χ1n) is 2.77. The number of rotatable bonds is 5. The van der Waals surface area contributed by atoms with Crippen LogP contribution in [0.2, 0.25) is 0 Å². The van der Waals surface area contributed by atoms with Gasteiger partial charge in [0.2, 0.25) is 0 Å². The Hall–Kier alpha value is 0.700. The van der Waals surface area contributed by atoms with Crippen LogP contribution < -0.4 is 0 Å². The highest BCUT2D eigenvalue weighted by molar-refractivity contribution is 8.00. The van der Waals surface area contributed by atoms with Gasteiger partial charge in [0.25, 0.3) is 0 Å². The third-order valence-corrected chi connectivity index (χ3v) is 2.16. The van der Waals surface area contributed by atoms with Crippen LogP contribution in [0.4, 0.5) is 0 Å². The quantitative estimate of drug-likeness (QED) is 0.551. The standard InChI is InChI=1S/C6H13S2/c1-7-5-3-4-6-8-2/h1,3-6H2,2H3. The molecule has 0 heterocycles. The van der Waals surface area contributed by atoms with Crippen molar-refractivity contribution < 1.29 is 0 Å². The van der Waals surface area contributed by atoms with Crippen LogP contribution >= 0.6 is 23.5 Å². The van der Waals surface area contributed by atoms with Crippen LogP contribution in [0.25, 0.3) is 0 Å². The molecule has 0 aromatic carbocycles. The van der Waals surface area contributed by atoms with E-state index in [2.05, 4.69) is 12.5 Å². The van der Waals surface area contributed by atoms with Crippen molar-refractivity contribution in [3.8, 4) is 0 Å². The molecule has 49 valence electrons. The minimum atomic E-state index is 1.22. The topological polar surface area (TPSA) is 0 Å². The van der Waals surface area contributed by atoms with E-state index in [0.29, 0.717) is 0 Å². The Morgan fingerprint density at radius 3 is 2.38 bits per heavy atom. The lowest BCUT2D eigenvalue weighted by atomic mass is 10.4. The molecular formula is C6H13S2. The van der Waals surface area contributed by atoms with Crippen molar-refractivity contribution in [2.75, 3.05) is 17.8 Å². The van der Waals surface area contributed by atoms with Gasteiger partial charge in [0, 0.05) is 6.26 Å². The minimum absolute atomic E-state index is 1.22. The second-order valence-electron chi connectivity index (χ2n) is 1.61. The molecule has 0 N–H and O–H groups in total. The van der Waals surface area contributed by atoms with Crippen LogP contribution in [0.1, 0.15) is 12.8 Å². The molecule has 0 aromatic rings. The first-order valence-corrected chi connectivity index (χ1v) is 5.32. The summed E-state index contributed by atoms with van der Waals surface area (Å²) in [4.78, 5) is 0. The Bertz CT molecular complexity index is 31.5. The van der Waals surface area contributed by atoms with Gasteiger partial charge in [-0.15, -0.1) is 0 Å². The van der Waals surface area contributed by atoms with Gasteiger partial charge in [0.1, 0.15) is 0 Å². The summed E-state index contributed by atoms with van der Waals surface area (Å²) in [6, 6.07) is 0. The minimum Gasteiger partial charge on any atom is -0.165 e. The number of unbranched alkanes of at least 4 members (excludes halogenated alkanes) is 1. The molecule has 0 aliphatic heterocycles. The van der Waals surface area contributed by atoms with Crippen LogP contribution in [0.15, 0.2) is 0 Å². The maximum atomic E-state index is 3.69. The van der Waals surface area contributed by atoms with Gasteiger partial charge in [-0.25, -0.2) is 0 Å². The number of hydrogen-bond acceptors (Lipinski definition) is 2. The van der Waals surface area contributed by atoms with Gasteiger partial charge in [-0.3, -0.25) is 0 Å². The Morgan fingerprint density at radius 1 is 1.25 bits per heavy atom. The van der Waals surface area contributed by atoms with Crippen LogP contribution in [0.3, 0.4) is 0 Å². The lowest BCUT2D eigenvalue weighted by Crippen LogP contribution is -1.80. The van der Waals surface area contributed by atoms with Gasteiger partial charge >= 0.3 is 0 Å². The van der Waals surface area contributed by atoms with E-state index < -0.39 is 0 Å². The summed E-state index contributed by atoms with van der Waals surface area (Å²) in [5, 5.41) is 0. The molecule has 0 nitrogen and oxygen atoms in total. The van der Waals surface area contributed by atoms with Crippen molar-refractivity contribution in [2.24, 2.45) is 0 Å². The zero-order valence-corrected chi connectivity index (χ0v) is 6.99. The van der Waals surface area contributed by atoms with Gasteiger partial charge in [-0.1, -0.05) is 0 Å². The lowest BCUT2D eigenvalue weighted by Gasteiger charge is -1.93. The molecule has 0 bridgehead atoms. The third kappa shape index (κ3) is 6.70. The van der Waals surface area contributed by atoms with E-state index in [0.717, 1.165) is 0 Å². The van der Waals surface area contributed by atoms with E-state index in [9.17, 15) is 0 Å². The molecule has 0 aliphatic rings. The zero-order chi connectivity index (χ0) is 6.24. The number of thioether (sulfide) groups is 2. The predicted molar refractivity (Wildman–Crippen MR) is 45.4 cm³/mol. The summed E-state index contributed by atoms with van der Waals surface area (Å²) in [7, 11) is 0. The summed E-state index contributed by atoms with van der Waals surface area (Å²) in [6.45, 7) is 0. The van der Waals surface area contributed by atoms with Crippen LogP contribution in [-0.4, -0.2) is 17.8 Å². The largest absolute Gasteiger partial charge is 0.165 e. The molecule has 0 aromatic heterocycles. The molecule has 2 heteroatoms. The highest BCUT2D eigenvalue weighted by Gasteiger charge is 1.83. The van der Waals surface area contributed by atoms with E-state index in [1.54, 1.807) is 11.8 Å². The van der Waals surface area contributed by atoms with Gasteiger partial charge in [-0.2, -0.15) is 23.5 Å². The first kappa shape index (κ1) is 8.70. The molecule has 0 aliphatic carbocycles. The van der Waals surface area contributed by atoms with Crippen LogP contribution in [-0.2, 0) is 0 Å². The fraction of sp³-hybridized carbons (Fsp3) is 0.833. The molecule has 0 amide bonds. The fourth-order valence-electron chi connectivity index (χ4n) is 0.451. The first-order chi connectivity index (χ1) is 3.91. The SMILES string of the molecule is [CH2]SCCCCSC. The molecule has 0 unspecified atom stereocenters.